The van der Waals surface area contributed by atoms with Gasteiger partial charge in [0.1, 0.15) is 23.5 Å². The SMILES string of the molecule is C.CCn1nc(C)cc1C(=O)Nc1nc2cc(C(N)=O)ccc2n1CCCCn1c(NC(=O)c2cc(C)nn2CC)nc2c(NC(=O)CO)cccc21. The lowest BCUT2D eigenvalue weighted by atomic mass is 10.2. The van der Waals surface area contributed by atoms with Crippen LogP contribution in [0.2, 0.25) is 0 Å². The fourth-order valence-electron chi connectivity index (χ4n) is 6.17. The highest BCUT2D eigenvalue weighted by Crippen LogP contribution is 2.28. The summed E-state index contributed by atoms with van der Waals surface area (Å²) in [7, 11) is 0. The lowest BCUT2D eigenvalue weighted by Gasteiger charge is -2.13. The molecule has 0 saturated heterocycles. The largest absolute Gasteiger partial charge is 0.387 e. The first kappa shape index (κ1) is 37.9. The number of hydrogen-bond donors (Lipinski definition) is 5. The van der Waals surface area contributed by atoms with Gasteiger partial charge in [0.25, 0.3) is 11.8 Å². The van der Waals surface area contributed by atoms with E-state index in [1.807, 2.05) is 42.9 Å². The van der Waals surface area contributed by atoms with E-state index in [9.17, 15) is 24.3 Å². The molecule has 0 saturated carbocycles. The van der Waals surface area contributed by atoms with Crippen molar-refractivity contribution in [3.05, 3.63) is 76.9 Å². The Bertz CT molecular complexity index is 2330. The van der Waals surface area contributed by atoms with E-state index in [2.05, 4.69) is 31.1 Å². The van der Waals surface area contributed by atoms with Crippen molar-refractivity contribution in [3.63, 3.8) is 0 Å². The molecular formula is C36H44N12O5. The smallest absolute Gasteiger partial charge is 0.276 e. The monoisotopic (exact) mass is 724 g/mol. The van der Waals surface area contributed by atoms with Crippen molar-refractivity contribution < 1.29 is 24.3 Å². The molecule has 0 aliphatic heterocycles. The number of aliphatic hydroxyl groups is 1. The number of primary amides is 1. The molecule has 0 fully saturated rings. The summed E-state index contributed by atoms with van der Waals surface area (Å²) in [6.45, 7) is 8.60. The van der Waals surface area contributed by atoms with Crippen LogP contribution in [0.15, 0.2) is 48.5 Å². The minimum absolute atomic E-state index is 0. The lowest BCUT2D eigenvalue weighted by molar-refractivity contribution is -0.118. The molecule has 6 N–H and O–H groups in total. The maximum atomic E-state index is 13.5. The number of imidazole rings is 2. The highest BCUT2D eigenvalue weighted by Gasteiger charge is 2.22. The quantitative estimate of drug-likeness (QED) is 0.102. The molecule has 17 nitrogen and oxygen atoms in total. The Hall–Kier alpha value is -6.36. The molecule has 278 valence electrons. The van der Waals surface area contributed by atoms with Crippen LogP contribution in [0.3, 0.4) is 0 Å². The maximum absolute atomic E-state index is 13.5. The molecule has 4 aromatic heterocycles. The minimum atomic E-state index is -0.696. The first-order valence-electron chi connectivity index (χ1n) is 16.9. The minimum Gasteiger partial charge on any atom is -0.387 e. The van der Waals surface area contributed by atoms with Crippen molar-refractivity contribution in [1.82, 2.24) is 38.7 Å². The molecule has 4 heterocycles. The van der Waals surface area contributed by atoms with Gasteiger partial charge >= 0.3 is 0 Å². The molecule has 17 heteroatoms. The predicted octanol–water partition coefficient (Wildman–Crippen LogP) is 4.09. The molecule has 2 aromatic carbocycles. The number of aryl methyl sites for hydroxylation is 6. The van der Waals surface area contributed by atoms with Crippen LogP contribution in [0.25, 0.3) is 22.1 Å². The fraction of sp³-hybridized carbons (Fsp3) is 0.333. The molecule has 0 spiro atoms. The van der Waals surface area contributed by atoms with Gasteiger partial charge in [-0.1, -0.05) is 13.5 Å². The fourth-order valence-corrected chi connectivity index (χ4v) is 6.17. The van der Waals surface area contributed by atoms with Gasteiger partial charge in [-0.15, -0.1) is 0 Å². The number of benzene rings is 2. The van der Waals surface area contributed by atoms with E-state index in [0.717, 1.165) is 0 Å². The predicted molar refractivity (Wildman–Crippen MR) is 201 cm³/mol. The summed E-state index contributed by atoms with van der Waals surface area (Å²) in [4.78, 5) is 60.3. The molecule has 0 unspecified atom stereocenters. The van der Waals surface area contributed by atoms with Gasteiger partial charge in [-0.2, -0.15) is 10.2 Å². The van der Waals surface area contributed by atoms with Crippen LogP contribution in [0.5, 0.6) is 0 Å². The van der Waals surface area contributed by atoms with Crippen molar-refractivity contribution in [3.8, 4) is 0 Å². The van der Waals surface area contributed by atoms with Crippen LogP contribution < -0.4 is 21.7 Å². The highest BCUT2D eigenvalue weighted by molar-refractivity contribution is 6.05. The number of anilines is 3. The molecule has 0 radical (unpaired) electrons. The van der Waals surface area contributed by atoms with Gasteiger partial charge in [0.15, 0.2) is 0 Å². The number of unbranched alkanes of at least 4 members (excludes halogenated alkanes) is 1. The molecule has 0 bridgehead atoms. The number of aromatic nitrogens is 8. The van der Waals surface area contributed by atoms with E-state index in [4.69, 9.17) is 10.7 Å². The van der Waals surface area contributed by atoms with Crippen molar-refractivity contribution in [1.29, 1.82) is 0 Å². The number of carbonyl (C=O) groups is 4. The number of amides is 4. The van der Waals surface area contributed by atoms with E-state index < -0.39 is 18.4 Å². The zero-order valence-electron chi connectivity index (χ0n) is 29.3. The highest BCUT2D eigenvalue weighted by atomic mass is 16.3. The van der Waals surface area contributed by atoms with Crippen LogP contribution in [0, 0.1) is 13.8 Å². The van der Waals surface area contributed by atoms with Gasteiger partial charge < -0.3 is 25.3 Å². The molecule has 6 rings (SSSR count). The van der Waals surface area contributed by atoms with E-state index in [0.29, 0.717) is 101 Å². The number of fused-ring (bicyclic) bond motifs is 2. The Balaban J connectivity index is 0.00000541. The summed E-state index contributed by atoms with van der Waals surface area (Å²) in [6.07, 6.45) is 1.20. The third kappa shape index (κ3) is 7.79. The van der Waals surface area contributed by atoms with Crippen molar-refractivity contribution in [2.75, 3.05) is 22.6 Å². The number of nitrogens with zero attached hydrogens (tertiary/aromatic N) is 8. The maximum Gasteiger partial charge on any atom is 0.276 e. The number of aliphatic hydroxyl groups excluding tert-OH is 1. The summed E-state index contributed by atoms with van der Waals surface area (Å²) in [6, 6.07) is 13.6. The van der Waals surface area contributed by atoms with Crippen molar-refractivity contribution in [2.24, 2.45) is 5.73 Å². The summed E-state index contributed by atoms with van der Waals surface area (Å²) in [5.41, 5.74) is 10.7. The second-order valence-corrected chi connectivity index (χ2v) is 12.2. The molecule has 0 aliphatic carbocycles. The van der Waals surface area contributed by atoms with Crippen LogP contribution in [-0.2, 0) is 31.0 Å². The Morgan fingerprint density at radius 1 is 0.755 bits per heavy atom. The number of para-hydroxylation sites is 1. The van der Waals surface area contributed by atoms with E-state index in [-0.39, 0.29) is 25.2 Å². The molecule has 6 aromatic rings. The Morgan fingerprint density at radius 2 is 1.32 bits per heavy atom. The first-order valence-corrected chi connectivity index (χ1v) is 16.9. The topological polar surface area (TPSA) is 222 Å². The van der Waals surface area contributed by atoms with Gasteiger partial charge in [-0.05, 0) is 83.0 Å². The zero-order chi connectivity index (χ0) is 37.1. The standard InChI is InChI=1S/C35H40N12O5.CH4/c1-5-46-27(16-20(3)42-46)32(51)40-34-38-24-18-22(31(36)50)12-13-25(24)44(34)14-7-8-15-45-26-11-9-10-23(37-29(49)19-48)30(26)39-35(45)41-33(52)28-17-21(4)43-47(28)6-2;/h9-13,16-18,48H,5-8,14-15,19H2,1-4H3,(H2,36,50)(H,37,49)(H,38,40,51)(H,39,41,52);1H4. The van der Waals surface area contributed by atoms with Crippen molar-refractivity contribution >= 4 is 63.3 Å². The summed E-state index contributed by atoms with van der Waals surface area (Å²) < 4.78 is 6.97. The Labute approximate surface area is 305 Å². The van der Waals surface area contributed by atoms with Crippen LogP contribution in [-0.4, -0.2) is 74.0 Å². The van der Waals surface area contributed by atoms with Gasteiger partial charge in [-0.3, -0.25) is 39.2 Å². The summed E-state index contributed by atoms with van der Waals surface area (Å²) in [5, 5.41) is 26.6. The Kier molecular flexibility index (Phi) is 11.4. The average molecular weight is 725 g/mol. The lowest BCUT2D eigenvalue weighted by Crippen LogP contribution is -2.20. The number of hydrogen-bond acceptors (Lipinski definition) is 9. The van der Waals surface area contributed by atoms with E-state index in [1.165, 1.54) is 0 Å². The summed E-state index contributed by atoms with van der Waals surface area (Å²) in [5.74, 6) is -1.37. The molecular weight excluding hydrogens is 680 g/mol. The third-order valence-corrected chi connectivity index (χ3v) is 8.56. The second-order valence-electron chi connectivity index (χ2n) is 12.2. The Morgan fingerprint density at radius 3 is 1.87 bits per heavy atom. The average Bonchev–Trinajstić information content (AvgIpc) is 3.89. The van der Waals surface area contributed by atoms with Gasteiger partial charge in [0, 0.05) is 31.7 Å². The van der Waals surface area contributed by atoms with Gasteiger partial charge in [0.05, 0.1) is 33.6 Å². The number of nitrogens with two attached hydrogens (primary N) is 1. The first-order chi connectivity index (χ1) is 25.0. The molecule has 4 amide bonds. The molecule has 0 aliphatic rings. The molecule has 53 heavy (non-hydrogen) atoms. The number of rotatable bonds is 14. The van der Waals surface area contributed by atoms with Gasteiger partial charge in [0.2, 0.25) is 23.7 Å². The number of nitrogens with one attached hydrogen (secondary N) is 3. The van der Waals surface area contributed by atoms with E-state index >= 15 is 0 Å². The van der Waals surface area contributed by atoms with Crippen LogP contribution in [0.4, 0.5) is 17.6 Å². The van der Waals surface area contributed by atoms with Crippen LogP contribution in [0.1, 0.15) is 76.8 Å². The van der Waals surface area contributed by atoms with E-state index in [1.54, 1.807) is 51.8 Å². The number of carbonyl (C=O) groups excluding carboxylic acids is 4. The normalized spacial score (nSPS) is 11.1. The van der Waals surface area contributed by atoms with Crippen molar-refractivity contribution in [2.45, 2.75) is 74.1 Å². The van der Waals surface area contributed by atoms with Crippen LogP contribution >= 0.6 is 0 Å². The molecule has 0 atom stereocenters. The zero-order valence-corrected chi connectivity index (χ0v) is 29.3. The van der Waals surface area contributed by atoms with Gasteiger partial charge in [-0.25, -0.2) is 9.97 Å². The third-order valence-electron chi connectivity index (χ3n) is 8.56. The summed E-state index contributed by atoms with van der Waals surface area (Å²) >= 11 is 0. The second kappa shape index (κ2) is 15.9.